The molecule has 1 amide bonds. The first-order chi connectivity index (χ1) is 8.71. The minimum Gasteiger partial charge on any atom is -0.484 e. The van der Waals surface area contributed by atoms with Crippen LogP contribution in [0.1, 0.15) is 19.4 Å². The molecule has 0 saturated heterocycles. The zero-order chi connectivity index (χ0) is 13.4. The van der Waals surface area contributed by atoms with E-state index >= 15 is 0 Å². The number of nitrogens with one attached hydrogen (secondary N) is 1. The molecule has 0 aliphatic heterocycles. The molecule has 0 fully saturated rings. The summed E-state index contributed by atoms with van der Waals surface area (Å²) >= 11 is 0. The van der Waals surface area contributed by atoms with Crippen LogP contribution < -0.4 is 10.1 Å². The monoisotopic (exact) mass is 250 g/mol. The first kappa shape index (κ1) is 14.5. The van der Waals surface area contributed by atoms with Crippen LogP contribution in [0.2, 0.25) is 0 Å². The van der Waals surface area contributed by atoms with Gasteiger partial charge in [0.1, 0.15) is 5.75 Å². The Kier molecular flexibility index (Phi) is 6.22. The number of hydrogen-bond acceptors (Lipinski definition) is 3. The maximum atomic E-state index is 11.8. The van der Waals surface area contributed by atoms with Crippen molar-refractivity contribution in [3.05, 3.63) is 29.8 Å². The summed E-state index contributed by atoms with van der Waals surface area (Å²) in [6.45, 7) is 6.27. The molecule has 0 atom stereocenters. The molecular formula is C14H22N2O2. The van der Waals surface area contributed by atoms with Crippen LogP contribution >= 0.6 is 0 Å². The third-order valence-electron chi connectivity index (χ3n) is 2.76. The van der Waals surface area contributed by atoms with E-state index in [1.165, 1.54) is 0 Å². The van der Waals surface area contributed by atoms with Gasteiger partial charge in [-0.1, -0.05) is 12.1 Å². The second kappa shape index (κ2) is 7.71. The van der Waals surface area contributed by atoms with E-state index in [0.717, 1.165) is 30.9 Å². The summed E-state index contributed by atoms with van der Waals surface area (Å²) in [6.07, 6.45) is 0. The highest BCUT2D eigenvalue weighted by atomic mass is 16.5. The molecule has 1 aromatic carbocycles. The van der Waals surface area contributed by atoms with Crippen LogP contribution in [0.25, 0.3) is 0 Å². The molecule has 0 bridgehead atoms. The second-order valence-corrected chi connectivity index (χ2v) is 4.03. The Balaban J connectivity index is 2.52. The van der Waals surface area contributed by atoms with Crippen molar-refractivity contribution in [2.24, 2.45) is 0 Å². The average molecular weight is 250 g/mol. The van der Waals surface area contributed by atoms with Crippen LogP contribution in [0.15, 0.2) is 24.3 Å². The predicted octanol–water partition coefficient (Wildman–Crippen LogP) is 1.65. The summed E-state index contributed by atoms with van der Waals surface area (Å²) in [5, 5.41) is 3.08. The minimum atomic E-state index is 0.0269. The first-order valence-electron chi connectivity index (χ1n) is 6.35. The molecule has 0 aliphatic carbocycles. The van der Waals surface area contributed by atoms with Gasteiger partial charge in [0.15, 0.2) is 6.61 Å². The first-order valence-corrected chi connectivity index (χ1v) is 6.35. The van der Waals surface area contributed by atoms with Gasteiger partial charge in [0, 0.05) is 19.6 Å². The van der Waals surface area contributed by atoms with Gasteiger partial charge in [-0.3, -0.25) is 4.79 Å². The number of benzene rings is 1. The van der Waals surface area contributed by atoms with Gasteiger partial charge in [-0.2, -0.15) is 0 Å². The third-order valence-corrected chi connectivity index (χ3v) is 2.76. The molecule has 1 rings (SSSR count). The molecule has 100 valence electrons. The van der Waals surface area contributed by atoms with Crippen molar-refractivity contribution in [2.75, 3.05) is 26.7 Å². The molecule has 0 unspecified atom stereocenters. The normalized spacial score (nSPS) is 10.2. The fraction of sp³-hybridized carbons (Fsp3) is 0.500. The van der Waals surface area contributed by atoms with E-state index in [0.29, 0.717) is 0 Å². The van der Waals surface area contributed by atoms with Crippen molar-refractivity contribution >= 4 is 5.91 Å². The van der Waals surface area contributed by atoms with Crippen LogP contribution in [0.4, 0.5) is 0 Å². The van der Waals surface area contributed by atoms with Gasteiger partial charge in [0.25, 0.3) is 5.91 Å². The molecule has 0 spiro atoms. The standard InChI is InChI=1S/C14H22N2O2/c1-4-16(5-2)14(17)11-18-13-8-6-7-12(9-13)10-15-3/h6-9,15H,4-5,10-11H2,1-3H3. The van der Waals surface area contributed by atoms with Crippen molar-refractivity contribution in [1.82, 2.24) is 10.2 Å². The van der Waals surface area contributed by atoms with Crippen molar-refractivity contribution in [3.8, 4) is 5.75 Å². The number of amides is 1. The van der Waals surface area contributed by atoms with E-state index < -0.39 is 0 Å². The SMILES string of the molecule is CCN(CC)C(=O)COc1cccc(CNC)c1. The van der Waals surface area contributed by atoms with E-state index in [4.69, 9.17) is 4.74 Å². The molecule has 4 nitrogen and oxygen atoms in total. The van der Waals surface area contributed by atoms with Crippen LogP contribution in [0, 0.1) is 0 Å². The molecule has 0 saturated carbocycles. The number of hydrogen-bond donors (Lipinski definition) is 1. The summed E-state index contributed by atoms with van der Waals surface area (Å²) in [6, 6.07) is 7.78. The second-order valence-electron chi connectivity index (χ2n) is 4.03. The van der Waals surface area contributed by atoms with E-state index in [1.807, 2.05) is 45.2 Å². The van der Waals surface area contributed by atoms with Crippen LogP contribution in [0.3, 0.4) is 0 Å². The quantitative estimate of drug-likeness (QED) is 0.800. The molecule has 1 N–H and O–H groups in total. The number of likely N-dealkylation sites (N-methyl/N-ethyl adjacent to an activating group) is 1. The third kappa shape index (κ3) is 4.37. The zero-order valence-electron chi connectivity index (χ0n) is 11.4. The van der Waals surface area contributed by atoms with Gasteiger partial charge in [-0.25, -0.2) is 0 Å². The van der Waals surface area contributed by atoms with Crippen molar-refractivity contribution < 1.29 is 9.53 Å². The summed E-state index contributed by atoms with van der Waals surface area (Å²) in [4.78, 5) is 13.5. The average Bonchev–Trinajstić information content (AvgIpc) is 2.39. The summed E-state index contributed by atoms with van der Waals surface area (Å²) in [5.74, 6) is 0.766. The van der Waals surface area contributed by atoms with Crippen LogP contribution in [-0.2, 0) is 11.3 Å². The van der Waals surface area contributed by atoms with Gasteiger partial charge in [-0.15, -0.1) is 0 Å². The summed E-state index contributed by atoms with van der Waals surface area (Å²) in [5.41, 5.74) is 1.14. The molecule has 0 radical (unpaired) electrons. The Labute approximate surface area is 109 Å². The molecule has 1 aromatic rings. The number of ether oxygens (including phenoxy) is 1. The Bertz CT molecular complexity index is 376. The molecule has 0 heterocycles. The molecule has 0 aliphatic rings. The van der Waals surface area contributed by atoms with Gasteiger partial charge in [0.05, 0.1) is 0 Å². The summed E-state index contributed by atoms with van der Waals surface area (Å²) < 4.78 is 5.52. The van der Waals surface area contributed by atoms with E-state index in [-0.39, 0.29) is 12.5 Å². The lowest BCUT2D eigenvalue weighted by molar-refractivity contribution is -0.132. The topological polar surface area (TPSA) is 41.6 Å². The van der Waals surface area contributed by atoms with Gasteiger partial charge < -0.3 is 15.0 Å². The maximum absolute atomic E-state index is 11.8. The highest BCUT2D eigenvalue weighted by Gasteiger charge is 2.09. The largest absolute Gasteiger partial charge is 0.484 e. The predicted molar refractivity (Wildman–Crippen MR) is 72.6 cm³/mol. The van der Waals surface area contributed by atoms with Crippen molar-refractivity contribution in [3.63, 3.8) is 0 Å². The molecule has 4 heteroatoms. The fourth-order valence-corrected chi connectivity index (χ4v) is 1.76. The highest BCUT2D eigenvalue weighted by Crippen LogP contribution is 2.13. The van der Waals surface area contributed by atoms with Crippen molar-refractivity contribution in [2.45, 2.75) is 20.4 Å². The minimum absolute atomic E-state index is 0.0269. The lowest BCUT2D eigenvalue weighted by Gasteiger charge is -2.18. The Morgan fingerprint density at radius 3 is 2.67 bits per heavy atom. The van der Waals surface area contributed by atoms with Gasteiger partial charge >= 0.3 is 0 Å². The molecule has 18 heavy (non-hydrogen) atoms. The Hall–Kier alpha value is -1.55. The Morgan fingerprint density at radius 1 is 1.33 bits per heavy atom. The zero-order valence-corrected chi connectivity index (χ0v) is 11.4. The number of nitrogens with zero attached hydrogens (tertiary/aromatic N) is 1. The van der Waals surface area contributed by atoms with E-state index in [9.17, 15) is 4.79 Å². The van der Waals surface area contributed by atoms with Gasteiger partial charge in [0.2, 0.25) is 0 Å². The number of rotatable bonds is 7. The van der Waals surface area contributed by atoms with Crippen LogP contribution in [0.5, 0.6) is 5.75 Å². The molecule has 0 aromatic heterocycles. The van der Waals surface area contributed by atoms with Crippen molar-refractivity contribution in [1.29, 1.82) is 0 Å². The molecular weight excluding hydrogens is 228 g/mol. The van der Waals surface area contributed by atoms with E-state index in [1.54, 1.807) is 4.90 Å². The fourth-order valence-electron chi connectivity index (χ4n) is 1.76. The maximum Gasteiger partial charge on any atom is 0.260 e. The van der Waals surface area contributed by atoms with E-state index in [2.05, 4.69) is 5.32 Å². The number of carbonyl (C=O) groups is 1. The lowest BCUT2D eigenvalue weighted by Crippen LogP contribution is -2.34. The number of carbonyl (C=O) groups excluding carboxylic acids is 1. The van der Waals surface area contributed by atoms with Gasteiger partial charge in [-0.05, 0) is 38.6 Å². The lowest BCUT2D eigenvalue weighted by atomic mass is 10.2. The Morgan fingerprint density at radius 2 is 2.06 bits per heavy atom. The smallest absolute Gasteiger partial charge is 0.260 e. The highest BCUT2D eigenvalue weighted by molar-refractivity contribution is 5.77. The van der Waals surface area contributed by atoms with Crippen LogP contribution in [-0.4, -0.2) is 37.6 Å². The summed E-state index contributed by atoms with van der Waals surface area (Å²) in [7, 11) is 1.90.